The molecule has 1 aliphatic heterocycles. The van der Waals surface area contributed by atoms with E-state index >= 15 is 0 Å². The number of nitrogens with zero attached hydrogens (tertiary/aromatic N) is 4. The Kier molecular flexibility index (Phi) is 5.74. The number of rotatable bonds is 5. The number of aromatic nitrogens is 1. The van der Waals surface area contributed by atoms with Crippen molar-refractivity contribution in [3.05, 3.63) is 23.9 Å². The zero-order chi connectivity index (χ0) is 16.1. The highest BCUT2D eigenvalue weighted by Gasteiger charge is 2.27. The van der Waals surface area contributed by atoms with Gasteiger partial charge in [-0.2, -0.15) is 0 Å². The fourth-order valence-electron chi connectivity index (χ4n) is 2.88. The minimum absolute atomic E-state index is 0.0356. The van der Waals surface area contributed by atoms with Crippen molar-refractivity contribution in [3.63, 3.8) is 0 Å². The van der Waals surface area contributed by atoms with Crippen LogP contribution in [0.25, 0.3) is 0 Å². The van der Waals surface area contributed by atoms with Crippen molar-refractivity contribution >= 4 is 11.7 Å². The zero-order valence-electron chi connectivity index (χ0n) is 13.7. The maximum absolute atomic E-state index is 12.7. The summed E-state index contributed by atoms with van der Waals surface area (Å²) in [4.78, 5) is 23.0. The van der Waals surface area contributed by atoms with Gasteiger partial charge in [-0.15, -0.1) is 0 Å². The summed E-state index contributed by atoms with van der Waals surface area (Å²) >= 11 is 0. The normalized spacial score (nSPS) is 17.4. The van der Waals surface area contributed by atoms with Crippen LogP contribution in [0, 0.1) is 0 Å². The highest BCUT2D eigenvalue weighted by atomic mass is 16.3. The predicted molar refractivity (Wildman–Crippen MR) is 87.2 cm³/mol. The van der Waals surface area contributed by atoms with Crippen LogP contribution in [0.5, 0.6) is 0 Å². The van der Waals surface area contributed by atoms with Crippen LogP contribution in [0.1, 0.15) is 23.7 Å². The largest absolute Gasteiger partial charge is 0.395 e. The van der Waals surface area contributed by atoms with E-state index in [1.54, 1.807) is 12.3 Å². The first-order valence-corrected chi connectivity index (χ1v) is 7.85. The van der Waals surface area contributed by atoms with E-state index in [1.165, 1.54) is 0 Å². The van der Waals surface area contributed by atoms with Gasteiger partial charge in [-0.05, 0) is 18.6 Å². The Hall–Kier alpha value is -1.66. The number of piperazine rings is 1. The van der Waals surface area contributed by atoms with Crippen molar-refractivity contribution in [2.75, 3.05) is 51.8 Å². The van der Waals surface area contributed by atoms with E-state index in [0.717, 1.165) is 19.5 Å². The first-order chi connectivity index (χ1) is 10.6. The molecule has 2 rings (SSSR count). The molecule has 0 aliphatic carbocycles. The van der Waals surface area contributed by atoms with Crippen LogP contribution < -0.4 is 4.90 Å². The standard InChI is InChI=1S/C16H26N4O2/c1-4-13(12-21)19-8-10-20(11-9-19)16(22)14-6-5-7-17-15(14)18(2)3/h5-7,13,21H,4,8-12H2,1-3H3. The SMILES string of the molecule is CCC(CO)N1CCN(C(=O)c2cccnc2N(C)C)CC1. The maximum atomic E-state index is 12.7. The minimum Gasteiger partial charge on any atom is -0.395 e. The van der Waals surface area contributed by atoms with E-state index in [1.807, 2.05) is 30.0 Å². The maximum Gasteiger partial charge on any atom is 0.257 e. The third kappa shape index (κ3) is 3.56. The third-order valence-electron chi connectivity index (χ3n) is 4.24. The molecule has 0 bridgehead atoms. The molecule has 1 aromatic rings. The summed E-state index contributed by atoms with van der Waals surface area (Å²) in [6.07, 6.45) is 2.63. The van der Waals surface area contributed by atoms with Gasteiger partial charge < -0.3 is 14.9 Å². The van der Waals surface area contributed by atoms with E-state index < -0.39 is 0 Å². The molecule has 0 saturated carbocycles. The molecule has 6 nitrogen and oxygen atoms in total. The van der Waals surface area contributed by atoms with E-state index in [0.29, 0.717) is 24.5 Å². The first kappa shape index (κ1) is 16.7. The highest BCUT2D eigenvalue weighted by Crippen LogP contribution is 2.18. The molecule has 2 heterocycles. The molecule has 0 aromatic carbocycles. The lowest BCUT2D eigenvalue weighted by Gasteiger charge is -2.38. The quantitative estimate of drug-likeness (QED) is 0.867. The van der Waals surface area contributed by atoms with Crippen LogP contribution in [0.2, 0.25) is 0 Å². The number of hydrogen-bond donors (Lipinski definition) is 1. The fourth-order valence-corrected chi connectivity index (χ4v) is 2.88. The molecule has 1 saturated heterocycles. The summed E-state index contributed by atoms with van der Waals surface area (Å²) in [6, 6.07) is 3.84. The molecule has 1 fully saturated rings. The topological polar surface area (TPSA) is 59.9 Å². The lowest BCUT2D eigenvalue weighted by molar-refractivity contribution is 0.0472. The summed E-state index contributed by atoms with van der Waals surface area (Å²) in [5, 5.41) is 9.39. The number of carbonyl (C=O) groups excluding carboxylic acids is 1. The number of carbonyl (C=O) groups is 1. The molecule has 122 valence electrons. The predicted octanol–water partition coefficient (Wildman–Crippen LogP) is 0.676. The second-order valence-electron chi connectivity index (χ2n) is 5.84. The van der Waals surface area contributed by atoms with E-state index in [9.17, 15) is 9.90 Å². The lowest BCUT2D eigenvalue weighted by atomic mass is 10.1. The van der Waals surface area contributed by atoms with Crippen molar-refractivity contribution in [2.45, 2.75) is 19.4 Å². The van der Waals surface area contributed by atoms with Crippen LogP contribution in [-0.4, -0.2) is 78.7 Å². The van der Waals surface area contributed by atoms with Gasteiger partial charge in [0.2, 0.25) is 0 Å². The average Bonchev–Trinajstić information content (AvgIpc) is 2.56. The van der Waals surface area contributed by atoms with Crippen LogP contribution in [0.4, 0.5) is 5.82 Å². The van der Waals surface area contributed by atoms with E-state index in [-0.39, 0.29) is 18.6 Å². The fraction of sp³-hybridized carbons (Fsp3) is 0.625. The van der Waals surface area contributed by atoms with Gasteiger partial charge >= 0.3 is 0 Å². The van der Waals surface area contributed by atoms with Gasteiger partial charge in [-0.1, -0.05) is 6.92 Å². The smallest absolute Gasteiger partial charge is 0.257 e. The third-order valence-corrected chi connectivity index (χ3v) is 4.24. The van der Waals surface area contributed by atoms with Gasteiger partial charge in [0.05, 0.1) is 12.2 Å². The molecule has 1 aliphatic rings. The Balaban J connectivity index is 2.04. The van der Waals surface area contributed by atoms with Gasteiger partial charge in [0.1, 0.15) is 5.82 Å². The molecular formula is C16H26N4O2. The molecular weight excluding hydrogens is 280 g/mol. The Labute approximate surface area is 132 Å². The Morgan fingerprint density at radius 3 is 2.59 bits per heavy atom. The first-order valence-electron chi connectivity index (χ1n) is 7.85. The van der Waals surface area contributed by atoms with Crippen molar-refractivity contribution in [3.8, 4) is 0 Å². The molecule has 22 heavy (non-hydrogen) atoms. The number of anilines is 1. The van der Waals surface area contributed by atoms with Gasteiger partial charge in [-0.3, -0.25) is 9.69 Å². The summed E-state index contributed by atoms with van der Waals surface area (Å²) in [7, 11) is 3.79. The summed E-state index contributed by atoms with van der Waals surface area (Å²) in [6.45, 7) is 5.26. The van der Waals surface area contributed by atoms with Crippen LogP contribution in [0.15, 0.2) is 18.3 Å². The number of aliphatic hydroxyl groups excluding tert-OH is 1. The molecule has 1 aromatic heterocycles. The van der Waals surface area contributed by atoms with Gasteiger partial charge in [0.25, 0.3) is 5.91 Å². The number of hydrogen-bond acceptors (Lipinski definition) is 5. The van der Waals surface area contributed by atoms with Crippen LogP contribution in [-0.2, 0) is 0 Å². The van der Waals surface area contributed by atoms with Crippen LogP contribution >= 0.6 is 0 Å². The lowest BCUT2D eigenvalue weighted by Crippen LogP contribution is -2.52. The Morgan fingerprint density at radius 2 is 2.05 bits per heavy atom. The van der Waals surface area contributed by atoms with Gasteiger partial charge in [0, 0.05) is 52.5 Å². The minimum atomic E-state index is 0.0356. The number of pyridine rings is 1. The summed E-state index contributed by atoms with van der Waals surface area (Å²) in [5.74, 6) is 0.741. The number of amides is 1. The average molecular weight is 306 g/mol. The molecule has 1 atom stereocenters. The van der Waals surface area contributed by atoms with Gasteiger partial charge in [-0.25, -0.2) is 4.98 Å². The molecule has 0 spiro atoms. The monoisotopic (exact) mass is 306 g/mol. The van der Waals surface area contributed by atoms with Crippen molar-refractivity contribution < 1.29 is 9.90 Å². The van der Waals surface area contributed by atoms with E-state index in [4.69, 9.17) is 0 Å². The molecule has 1 N–H and O–H groups in total. The molecule has 6 heteroatoms. The highest BCUT2D eigenvalue weighted by molar-refractivity contribution is 5.98. The van der Waals surface area contributed by atoms with Gasteiger partial charge in [0.15, 0.2) is 0 Å². The van der Waals surface area contributed by atoms with Crippen molar-refractivity contribution in [1.82, 2.24) is 14.8 Å². The van der Waals surface area contributed by atoms with E-state index in [2.05, 4.69) is 16.8 Å². The van der Waals surface area contributed by atoms with Crippen molar-refractivity contribution in [2.24, 2.45) is 0 Å². The second kappa shape index (κ2) is 7.56. The Morgan fingerprint density at radius 1 is 1.36 bits per heavy atom. The van der Waals surface area contributed by atoms with Crippen molar-refractivity contribution in [1.29, 1.82) is 0 Å². The summed E-state index contributed by atoms with van der Waals surface area (Å²) < 4.78 is 0. The Bertz CT molecular complexity index is 495. The zero-order valence-corrected chi connectivity index (χ0v) is 13.7. The molecule has 0 radical (unpaired) electrons. The second-order valence-corrected chi connectivity index (χ2v) is 5.84. The summed E-state index contributed by atoms with van der Waals surface area (Å²) in [5.41, 5.74) is 0.648. The van der Waals surface area contributed by atoms with Crippen LogP contribution in [0.3, 0.4) is 0 Å². The molecule has 1 amide bonds. The molecule has 1 unspecified atom stereocenters. The number of aliphatic hydroxyl groups is 1.